The molecule has 1 amide bonds. The van der Waals surface area contributed by atoms with Gasteiger partial charge in [0, 0.05) is 54.2 Å². The lowest BCUT2D eigenvalue weighted by Crippen LogP contribution is -2.25. The van der Waals surface area contributed by atoms with Crippen LogP contribution in [-0.4, -0.2) is 46.3 Å². The number of halogens is 2. The molecule has 0 aliphatic heterocycles. The monoisotopic (exact) mass is 655 g/mol. The molecule has 8 nitrogen and oxygen atoms in total. The van der Waals surface area contributed by atoms with Gasteiger partial charge in [0.15, 0.2) is 0 Å². The number of rotatable bonds is 9. The third kappa shape index (κ3) is 6.01. The minimum atomic E-state index is -3.76. The standard InChI is InChI=1S/C36H31F2N3O5S/c1-5-45-16-15-21-11-14-30(40-34(21)24-17-23-7-6-8-29(38)26(23)18-24)27-19-28-32(20-31(27)41(3)47(4,43)44)46-35(33(28)36(42)39-2)22-9-12-25(37)13-10-22/h6-16,18-20H,5,17H2,1-4H3,(H,39,42)/b16-15+. The molecule has 11 heteroatoms. The third-order valence-corrected chi connectivity index (χ3v) is 9.25. The van der Waals surface area contributed by atoms with Crippen LogP contribution >= 0.6 is 0 Å². The number of ether oxygens (including phenoxy) is 1. The maximum Gasteiger partial charge on any atom is 0.255 e. The number of fused-ring (bicyclic) bond motifs is 2. The van der Waals surface area contributed by atoms with Crippen LogP contribution in [0.3, 0.4) is 0 Å². The highest BCUT2D eigenvalue weighted by Gasteiger charge is 2.27. The summed E-state index contributed by atoms with van der Waals surface area (Å²) in [7, 11) is -0.858. The summed E-state index contributed by atoms with van der Waals surface area (Å²) in [5, 5.41) is 3.05. The van der Waals surface area contributed by atoms with Gasteiger partial charge in [-0.2, -0.15) is 0 Å². The Labute approximate surface area is 271 Å². The van der Waals surface area contributed by atoms with Gasteiger partial charge in [0.05, 0.1) is 41.8 Å². The van der Waals surface area contributed by atoms with Crippen LogP contribution in [0.2, 0.25) is 0 Å². The molecular weight excluding hydrogens is 624 g/mol. The Hall–Kier alpha value is -5.29. The Kier molecular flexibility index (Phi) is 8.42. The number of amides is 1. The number of aromatic nitrogens is 1. The van der Waals surface area contributed by atoms with Crippen molar-refractivity contribution in [2.24, 2.45) is 0 Å². The fourth-order valence-corrected chi connectivity index (χ4v) is 6.15. The molecule has 0 bridgehead atoms. The average molecular weight is 656 g/mol. The summed E-state index contributed by atoms with van der Waals surface area (Å²) in [5.74, 6) is -1.03. The number of nitrogens with one attached hydrogen (secondary N) is 1. The van der Waals surface area contributed by atoms with E-state index in [-0.39, 0.29) is 28.4 Å². The minimum absolute atomic E-state index is 0.199. The molecule has 5 aromatic rings. The summed E-state index contributed by atoms with van der Waals surface area (Å²) >= 11 is 0. The summed E-state index contributed by atoms with van der Waals surface area (Å²) in [6.07, 6.45) is 6.64. The first kappa shape index (κ1) is 31.7. The fourth-order valence-electron chi connectivity index (χ4n) is 5.64. The number of carbonyl (C=O) groups is 1. The smallest absolute Gasteiger partial charge is 0.255 e. The zero-order valence-corrected chi connectivity index (χ0v) is 26.9. The summed E-state index contributed by atoms with van der Waals surface area (Å²) < 4.78 is 67.0. The molecule has 0 spiro atoms. The van der Waals surface area contributed by atoms with Crippen molar-refractivity contribution in [1.29, 1.82) is 0 Å². The van der Waals surface area contributed by atoms with Crippen molar-refractivity contribution in [1.82, 2.24) is 10.3 Å². The van der Waals surface area contributed by atoms with Crippen LogP contribution < -0.4 is 9.62 Å². The highest BCUT2D eigenvalue weighted by Crippen LogP contribution is 2.42. The Morgan fingerprint density at radius 3 is 2.55 bits per heavy atom. The van der Waals surface area contributed by atoms with Gasteiger partial charge in [-0.3, -0.25) is 9.10 Å². The molecule has 3 aromatic carbocycles. The van der Waals surface area contributed by atoms with Gasteiger partial charge in [-0.25, -0.2) is 22.2 Å². The summed E-state index contributed by atoms with van der Waals surface area (Å²) in [6.45, 7) is 2.34. The predicted molar refractivity (Wildman–Crippen MR) is 180 cm³/mol. The second-order valence-electron chi connectivity index (χ2n) is 11.0. The molecule has 240 valence electrons. The van der Waals surface area contributed by atoms with Gasteiger partial charge in [0.2, 0.25) is 10.0 Å². The van der Waals surface area contributed by atoms with Gasteiger partial charge in [-0.15, -0.1) is 0 Å². The van der Waals surface area contributed by atoms with E-state index in [9.17, 15) is 22.0 Å². The van der Waals surface area contributed by atoms with E-state index in [4.69, 9.17) is 14.1 Å². The van der Waals surface area contributed by atoms with Gasteiger partial charge >= 0.3 is 0 Å². The van der Waals surface area contributed by atoms with Gasteiger partial charge in [0.25, 0.3) is 5.91 Å². The van der Waals surface area contributed by atoms with Crippen LogP contribution in [0.15, 0.2) is 77.4 Å². The number of sulfonamides is 1. The van der Waals surface area contributed by atoms with Crippen molar-refractivity contribution in [2.45, 2.75) is 13.3 Å². The van der Waals surface area contributed by atoms with Gasteiger partial charge < -0.3 is 14.5 Å². The second kappa shape index (κ2) is 12.5. The van der Waals surface area contributed by atoms with E-state index < -0.39 is 21.7 Å². The normalized spacial score (nSPS) is 12.8. The number of furan rings is 1. The quantitative estimate of drug-likeness (QED) is 0.167. The number of benzene rings is 3. The number of nitrogens with zero attached hydrogens (tertiary/aromatic N) is 2. The zero-order valence-electron chi connectivity index (χ0n) is 26.1. The zero-order chi connectivity index (χ0) is 33.5. The van der Waals surface area contributed by atoms with E-state index in [1.807, 2.05) is 19.1 Å². The molecule has 0 saturated heterocycles. The Morgan fingerprint density at radius 1 is 1.11 bits per heavy atom. The molecule has 1 N–H and O–H groups in total. The predicted octanol–water partition coefficient (Wildman–Crippen LogP) is 7.30. The van der Waals surface area contributed by atoms with Crippen molar-refractivity contribution in [3.8, 4) is 22.6 Å². The third-order valence-electron chi connectivity index (χ3n) is 8.06. The summed E-state index contributed by atoms with van der Waals surface area (Å²) in [4.78, 5) is 18.3. The lowest BCUT2D eigenvalue weighted by molar-refractivity contribution is 0.0964. The van der Waals surface area contributed by atoms with Crippen molar-refractivity contribution in [3.05, 3.63) is 113 Å². The lowest BCUT2D eigenvalue weighted by Gasteiger charge is -2.21. The number of allylic oxidation sites excluding steroid dienone is 1. The lowest BCUT2D eigenvalue weighted by atomic mass is 9.98. The largest absolute Gasteiger partial charge is 0.501 e. The molecule has 47 heavy (non-hydrogen) atoms. The van der Waals surface area contributed by atoms with E-state index in [1.54, 1.807) is 42.7 Å². The first-order chi connectivity index (χ1) is 22.5. The maximum atomic E-state index is 14.7. The van der Waals surface area contributed by atoms with Crippen LogP contribution in [0.1, 0.15) is 39.7 Å². The summed E-state index contributed by atoms with van der Waals surface area (Å²) in [6, 6.07) is 17.3. The Morgan fingerprint density at radius 2 is 1.87 bits per heavy atom. The number of hydrogen-bond donors (Lipinski definition) is 1. The first-order valence-electron chi connectivity index (χ1n) is 14.8. The SMILES string of the molecule is CCO/C=C/c1ccc(-c2cc3c(C(=O)NC)c(-c4ccc(F)cc4)oc3cc2N(C)S(C)(=O)=O)nc1C1=Cc2c(F)cccc2C1. The highest BCUT2D eigenvalue weighted by atomic mass is 32.2. The van der Waals surface area contributed by atoms with Crippen molar-refractivity contribution in [2.75, 3.05) is 31.3 Å². The first-order valence-corrected chi connectivity index (χ1v) is 16.6. The summed E-state index contributed by atoms with van der Waals surface area (Å²) in [5.41, 5.74) is 5.36. The van der Waals surface area contributed by atoms with Crippen molar-refractivity contribution < 1.29 is 31.1 Å². The number of carbonyl (C=O) groups excluding carboxylic acids is 1. The molecule has 2 aromatic heterocycles. The van der Waals surface area contributed by atoms with Gasteiger partial charge in [0.1, 0.15) is 23.0 Å². The molecule has 6 rings (SSSR count). The van der Waals surface area contributed by atoms with Gasteiger partial charge in [-0.1, -0.05) is 18.2 Å². The van der Waals surface area contributed by atoms with E-state index in [0.29, 0.717) is 52.1 Å². The Bertz CT molecular complexity index is 2210. The van der Waals surface area contributed by atoms with Crippen LogP contribution in [0.4, 0.5) is 14.5 Å². The van der Waals surface area contributed by atoms with E-state index >= 15 is 0 Å². The molecule has 0 saturated carbocycles. The van der Waals surface area contributed by atoms with E-state index in [1.165, 1.54) is 44.4 Å². The van der Waals surface area contributed by atoms with Crippen LogP contribution in [0.5, 0.6) is 0 Å². The number of pyridine rings is 1. The molecule has 2 heterocycles. The second-order valence-corrected chi connectivity index (χ2v) is 13.1. The maximum absolute atomic E-state index is 14.7. The van der Waals surface area contributed by atoms with Crippen LogP contribution in [-0.2, 0) is 21.2 Å². The molecular formula is C36H31F2N3O5S. The highest BCUT2D eigenvalue weighted by molar-refractivity contribution is 7.92. The molecule has 0 fully saturated rings. The molecule has 0 radical (unpaired) electrons. The van der Waals surface area contributed by atoms with Crippen LogP contribution in [0, 0.1) is 11.6 Å². The fraction of sp³-hybridized carbons (Fsp3) is 0.167. The molecule has 0 unspecified atom stereocenters. The van der Waals surface area contributed by atoms with Gasteiger partial charge in [-0.05, 0) is 72.7 Å². The van der Waals surface area contributed by atoms with E-state index in [2.05, 4.69) is 5.32 Å². The minimum Gasteiger partial charge on any atom is -0.501 e. The van der Waals surface area contributed by atoms with Crippen LogP contribution in [0.25, 0.3) is 51.3 Å². The average Bonchev–Trinajstić information content (AvgIpc) is 3.66. The molecule has 0 atom stereocenters. The van der Waals surface area contributed by atoms with Crippen molar-refractivity contribution in [3.63, 3.8) is 0 Å². The Balaban J connectivity index is 1.61. The van der Waals surface area contributed by atoms with E-state index in [0.717, 1.165) is 21.7 Å². The topological polar surface area (TPSA) is 102 Å². The molecule has 1 aliphatic rings. The number of hydrogen-bond acceptors (Lipinski definition) is 6. The van der Waals surface area contributed by atoms with Crippen molar-refractivity contribution >= 4 is 50.3 Å². The number of anilines is 1. The molecule has 1 aliphatic carbocycles.